The maximum atomic E-state index is 13.3. The molecule has 26 heavy (non-hydrogen) atoms. The molecule has 0 spiro atoms. The Morgan fingerprint density at radius 2 is 1.69 bits per heavy atom. The van der Waals surface area contributed by atoms with Crippen molar-refractivity contribution in [3.05, 3.63) is 47.8 Å². The average molecular weight is 357 g/mol. The summed E-state index contributed by atoms with van der Waals surface area (Å²) in [5.74, 6) is 0.803. The Morgan fingerprint density at radius 1 is 1.08 bits per heavy atom. The fourth-order valence-electron chi connectivity index (χ4n) is 2.80. The molecular formula is C20H20FNO4. The number of ether oxygens (including phenoxy) is 2. The van der Waals surface area contributed by atoms with Gasteiger partial charge in [-0.1, -0.05) is 0 Å². The maximum absolute atomic E-state index is 13.3. The molecular weight excluding hydrogens is 337 g/mol. The molecule has 0 aliphatic carbocycles. The first-order valence-electron chi connectivity index (χ1n) is 8.43. The van der Waals surface area contributed by atoms with Crippen LogP contribution in [-0.4, -0.2) is 26.2 Å². The van der Waals surface area contributed by atoms with E-state index >= 15 is 0 Å². The Bertz CT molecular complexity index is 931. The van der Waals surface area contributed by atoms with Crippen molar-refractivity contribution in [3.63, 3.8) is 0 Å². The van der Waals surface area contributed by atoms with Gasteiger partial charge in [-0.05, 0) is 44.2 Å². The summed E-state index contributed by atoms with van der Waals surface area (Å²) in [4.78, 5) is 12.5. The van der Waals surface area contributed by atoms with Crippen molar-refractivity contribution in [1.82, 2.24) is 5.32 Å². The molecule has 0 saturated carbocycles. The first-order valence-corrected chi connectivity index (χ1v) is 8.43. The second kappa shape index (κ2) is 7.47. The number of rotatable bonds is 6. The third kappa shape index (κ3) is 3.22. The molecule has 5 nitrogen and oxygen atoms in total. The standard InChI is InChI=1S/C20H20FNO4/c1-4-24-16-10-14-15(11-17(16)25-5-2)26-19(18(14)20(23)22-3)12-6-8-13(21)9-7-12/h6-11H,4-5H2,1-3H3,(H,22,23). The van der Waals surface area contributed by atoms with Crippen LogP contribution in [0.1, 0.15) is 24.2 Å². The van der Waals surface area contributed by atoms with Crippen molar-refractivity contribution in [1.29, 1.82) is 0 Å². The molecule has 0 radical (unpaired) electrons. The summed E-state index contributed by atoms with van der Waals surface area (Å²) in [6, 6.07) is 9.26. The van der Waals surface area contributed by atoms with Crippen molar-refractivity contribution in [2.45, 2.75) is 13.8 Å². The monoisotopic (exact) mass is 357 g/mol. The van der Waals surface area contributed by atoms with E-state index in [0.717, 1.165) is 0 Å². The van der Waals surface area contributed by atoms with Gasteiger partial charge in [-0.25, -0.2) is 4.39 Å². The van der Waals surface area contributed by atoms with Gasteiger partial charge >= 0.3 is 0 Å². The molecule has 0 aliphatic heterocycles. The smallest absolute Gasteiger partial charge is 0.255 e. The molecule has 2 aromatic carbocycles. The number of benzene rings is 2. The number of furan rings is 1. The largest absolute Gasteiger partial charge is 0.490 e. The van der Waals surface area contributed by atoms with Gasteiger partial charge < -0.3 is 19.2 Å². The number of carbonyl (C=O) groups is 1. The number of hydrogen-bond donors (Lipinski definition) is 1. The number of hydrogen-bond acceptors (Lipinski definition) is 4. The van der Waals surface area contributed by atoms with Gasteiger partial charge in [0.2, 0.25) is 0 Å². The van der Waals surface area contributed by atoms with Gasteiger partial charge in [-0.3, -0.25) is 4.79 Å². The topological polar surface area (TPSA) is 60.7 Å². The van der Waals surface area contributed by atoms with Crippen LogP contribution in [0.3, 0.4) is 0 Å². The van der Waals surface area contributed by atoms with Crippen LogP contribution >= 0.6 is 0 Å². The second-order valence-corrected chi connectivity index (χ2v) is 5.55. The van der Waals surface area contributed by atoms with Gasteiger partial charge in [-0.15, -0.1) is 0 Å². The quantitative estimate of drug-likeness (QED) is 0.710. The number of amides is 1. The van der Waals surface area contributed by atoms with Gasteiger partial charge in [0.05, 0.1) is 18.8 Å². The fraction of sp³-hybridized carbons (Fsp3) is 0.250. The summed E-state index contributed by atoms with van der Waals surface area (Å²) in [5, 5.41) is 3.23. The van der Waals surface area contributed by atoms with Crippen molar-refractivity contribution >= 4 is 16.9 Å². The van der Waals surface area contributed by atoms with Crippen LogP contribution in [0, 0.1) is 5.82 Å². The molecule has 136 valence electrons. The van der Waals surface area contributed by atoms with E-state index in [9.17, 15) is 9.18 Å². The van der Waals surface area contributed by atoms with Crippen LogP contribution in [0.15, 0.2) is 40.8 Å². The predicted molar refractivity (Wildman–Crippen MR) is 97.3 cm³/mol. The van der Waals surface area contributed by atoms with Crippen LogP contribution in [0.4, 0.5) is 4.39 Å². The third-order valence-electron chi connectivity index (χ3n) is 3.91. The minimum Gasteiger partial charge on any atom is -0.490 e. The van der Waals surface area contributed by atoms with Gasteiger partial charge in [0.1, 0.15) is 17.2 Å². The predicted octanol–water partition coefficient (Wildman–Crippen LogP) is 4.40. The number of nitrogens with one attached hydrogen (secondary N) is 1. The molecule has 0 unspecified atom stereocenters. The molecule has 6 heteroatoms. The number of halogens is 1. The second-order valence-electron chi connectivity index (χ2n) is 5.55. The molecule has 0 saturated heterocycles. The van der Waals surface area contributed by atoms with E-state index in [1.807, 2.05) is 13.8 Å². The summed E-state index contributed by atoms with van der Waals surface area (Å²) in [7, 11) is 1.55. The lowest BCUT2D eigenvalue weighted by atomic mass is 10.0. The van der Waals surface area contributed by atoms with Crippen LogP contribution < -0.4 is 14.8 Å². The summed E-state index contributed by atoms with van der Waals surface area (Å²) < 4.78 is 30.5. The molecule has 0 aliphatic rings. The van der Waals surface area contributed by atoms with E-state index in [1.165, 1.54) is 12.1 Å². The van der Waals surface area contributed by atoms with E-state index in [4.69, 9.17) is 13.9 Å². The molecule has 3 rings (SSSR count). The molecule has 1 amide bonds. The van der Waals surface area contributed by atoms with Gasteiger partial charge in [0.15, 0.2) is 11.5 Å². The van der Waals surface area contributed by atoms with Crippen LogP contribution in [0.2, 0.25) is 0 Å². The van der Waals surface area contributed by atoms with Crippen LogP contribution in [0.5, 0.6) is 11.5 Å². The number of carbonyl (C=O) groups excluding carboxylic acids is 1. The third-order valence-corrected chi connectivity index (χ3v) is 3.91. The fourth-order valence-corrected chi connectivity index (χ4v) is 2.80. The van der Waals surface area contributed by atoms with E-state index in [2.05, 4.69) is 5.32 Å². The van der Waals surface area contributed by atoms with Gasteiger partial charge in [0, 0.05) is 24.1 Å². The Kier molecular flexibility index (Phi) is 5.11. The Hall–Kier alpha value is -3.02. The highest BCUT2D eigenvalue weighted by Gasteiger charge is 2.23. The Balaban J connectivity index is 2.27. The zero-order valence-electron chi connectivity index (χ0n) is 14.9. The van der Waals surface area contributed by atoms with Crippen LogP contribution in [-0.2, 0) is 0 Å². The van der Waals surface area contributed by atoms with E-state index in [-0.39, 0.29) is 11.7 Å². The van der Waals surface area contributed by atoms with Crippen molar-refractivity contribution < 1.29 is 23.1 Å². The number of fused-ring (bicyclic) bond motifs is 1. The maximum Gasteiger partial charge on any atom is 0.255 e. The highest BCUT2D eigenvalue weighted by molar-refractivity contribution is 6.11. The molecule has 0 atom stereocenters. The SMILES string of the molecule is CCOc1cc2oc(-c3ccc(F)cc3)c(C(=O)NC)c2cc1OCC. The van der Waals surface area contributed by atoms with Crippen molar-refractivity contribution in [3.8, 4) is 22.8 Å². The zero-order valence-corrected chi connectivity index (χ0v) is 14.9. The van der Waals surface area contributed by atoms with E-state index < -0.39 is 0 Å². The average Bonchev–Trinajstić information content (AvgIpc) is 3.00. The minimum absolute atomic E-state index is 0.297. The highest BCUT2D eigenvalue weighted by Crippen LogP contribution is 2.40. The summed E-state index contributed by atoms with van der Waals surface area (Å²) in [5.41, 5.74) is 1.48. The summed E-state index contributed by atoms with van der Waals surface area (Å²) in [6.45, 7) is 4.68. The molecule has 0 bridgehead atoms. The zero-order chi connectivity index (χ0) is 18.7. The summed E-state index contributed by atoms with van der Waals surface area (Å²) >= 11 is 0. The van der Waals surface area contributed by atoms with Crippen molar-refractivity contribution in [2.75, 3.05) is 20.3 Å². The Labute approximate surface area is 150 Å². The lowest BCUT2D eigenvalue weighted by Gasteiger charge is -2.10. The van der Waals surface area contributed by atoms with Crippen molar-refractivity contribution in [2.24, 2.45) is 0 Å². The molecule has 1 aromatic heterocycles. The van der Waals surface area contributed by atoms with E-state index in [0.29, 0.717) is 52.6 Å². The summed E-state index contributed by atoms with van der Waals surface area (Å²) in [6.07, 6.45) is 0. The van der Waals surface area contributed by atoms with E-state index in [1.54, 1.807) is 31.3 Å². The van der Waals surface area contributed by atoms with Crippen LogP contribution in [0.25, 0.3) is 22.3 Å². The molecule has 1 heterocycles. The Morgan fingerprint density at radius 3 is 2.27 bits per heavy atom. The lowest BCUT2D eigenvalue weighted by molar-refractivity contribution is 0.0964. The molecule has 3 aromatic rings. The minimum atomic E-state index is -0.358. The molecule has 1 N–H and O–H groups in total. The van der Waals surface area contributed by atoms with Gasteiger partial charge in [-0.2, -0.15) is 0 Å². The highest BCUT2D eigenvalue weighted by atomic mass is 19.1. The normalized spacial score (nSPS) is 10.8. The lowest BCUT2D eigenvalue weighted by Crippen LogP contribution is -2.18. The first-order chi connectivity index (χ1) is 12.6. The molecule has 0 fully saturated rings. The van der Waals surface area contributed by atoms with Gasteiger partial charge in [0.25, 0.3) is 5.91 Å². The first kappa shape index (κ1) is 17.8.